The number of benzene rings is 1. The number of hydrogen-bond acceptors (Lipinski definition) is 1. The summed E-state index contributed by atoms with van der Waals surface area (Å²) in [6, 6.07) is 1.24. The van der Waals surface area contributed by atoms with Crippen LogP contribution in [0.3, 0.4) is 0 Å². The highest BCUT2D eigenvalue weighted by molar-refractivity contribution is 5.96. The van der Waals surface area contributed by atoms with E-state index in [9.17, 15) is 13.2 Å². The van der Waals surface area contributed by atoms with Crippen LogP contribution in [0.15, 0.2) is 12.1 Å². The molecule has 76 valence electrons. The predicted molar refractivity (Wildman–Crippen MR) is 46.8 cm³/mol. The van der Waals surface area contributed by atoms with Crippen molar-refractivity contribution in [2.45, 2.75) is 0 Å². The van der Waals surface area contributed by atoms with E-state index in [1.54, 1.807) is 0 Å². The Morgan fingerprint density at radius 3 is 2.29 bits per heavy atom. The summed E-state index contributed by atoms with van der Waals surface area (Å²) >= 11 is 0. The van der Waals surface area contributed by atoms with E-state index in [0.717, 1.165) is 6.07 Å². The van der Waals surface area contributed by atoms with Crippen LogP contribution < -0.4 is 0 Å². The summed E-state index contributed by atoms with van der Waals surface area (Å²) in [7, 11) is 2.98. The summed E-state index contributed by atoms with van der Waals surface area (Å²) in [6.07, 6.45) is 0. The number of nitrogens with zero attached hydrogens (tertiary/aromatic N) is 1. The van der Waals surface area contributed by atoms with Crippen molar-refractivity contribution in [3.8, 4) is 0 Å². The van der Waals surface area contributed by atoms with Crippen molar-refractivity contribution in [3.63, 3.8) is 0 Å². The van der Waals surface area contributed by atoms with Crippen molar-refractivity contribution in [1.82, 2.24) is 4.90 Å². The molecule has 0 bridgehead atoms. The van der Waals surface area contributed by atoms with Crippen LogP contribution in [0, 0.1) is 22.9 Å². The molecule has 1 N–H and O–H groups in total. The van der Waals surface area contributed by atoms with E-state index >= 15 is 0 Å². The number of nitrogens with one attached hydrogen (secondary N) is 1. The molecule has 0 unspecified atom stereocenters. The highest BCUT2D eigenvalue weighted by Gasteiger charge is 2.15. The molecular formula is C9H9F3N2. The molecule has 0 amide bonds. The third-order valence-electron chi connectivity index (χ3n) is 1.70. The van der Waals surface area contributed by atoms with Gasteiger partial charge in [-0.1, -0.05) is 0 Å². The highest BCUT2D eigenvalue weighted by atomic mass is 19.2. The van der Waals surface area contributed by atoms with Crippen molar-refractivity contribution >= 4 is 5.84 Å². The first-order valence-electron chi connectivity index (χ1n) is 3.84. The number of rotatable bonds is 1. The van der Waals surface area contributed by atoms with Crippen molar-refractivity contribution in [3.05, 3.63) is 35.1 Å². The van der Waals surface area contributed by atoms with Gasteiger partial charge in [0, 0.05) is 20.2 Å². The molecule has 0 heterocycles. The van der Waals surface area contributed by atoms with Crippen LogP contribution in [-0.4, -0.2) is 24.8 Å². The maximum absolute atomic E-state index is 13.1. The number of hydrogen-bond donors (Lipinski definition) is 1. The minimum Gasteiger partial charge on any atom is -0.363 e. The van der Waals surface area contributed by atoms with Crippen molar-refractivity contribution in [2.75, 3.05) is 14.1 Å². The lowest BCUT2D eigenvalue weighted by Crippen LogP contribution is -2.23. The van der Waals surface area contributed by atoms with Gasteiger partial charge in [-0.2, -0.15) is 0 Å². The Balaban J connectivity index is 3.27. The highest BCUT2D eigenvalue weighted by Crippen LogP contribution is 2.15. The third-order valence-corrected chi connectivity index (χ3v) is 1.70. The van der Waals surface area contributed by atoms with Crippen LogP contribution in [0.4, 0.5) is 13.2 Å². The van der Waals surface area contributed by atoms with E-state index in [1.807, 2.05) is 0 Å². The Morgan fingerprint density at radius 2 is 1.79 bits per heavy atom. The molecule has 14 heavy (non-hydrogen) atoms. The van der Waals surface area contributed by atoms with E-state index < -0.39 is 17.5 Å². The standard InChI is InChI=1S/C9H9F3N2/c1-14(2)9(13)6-3-5(10)4-7(11)8(6)12/h3-4,13H,1-2H3. The quantitative estimate of drug-likeness (QED) is 0.421. The molecule has 0 atom stereocenters. The lowest BCUT2D eigenvalue weighted by molar-refractivity contribution is 0.489. The third kappa shape index (κ3) is 1.86. The molecule has 0 aliphatic carbocycles. The first-order valence-corrected chi connectivity index (χ1v) is 3.84. The lowest BCUT2D eigenvalue weighted by atomic mass is 10.1. The molecule has 0 aromatic heterocycles. The van der Waals surface area contributed by atoms with Gasteiger partial charge in [-0.3, -0.25) is 5.41 Å². The van der Waals surface area contributed by atoms with E-state index in [-0.39, 0.29) is 11.4 Å². The molecule has 5 heteroatoms. The second-order valence-electron chi connectivity index (χ2n) is 2.99. The van der Waals surface area contributed by atoms with Crippen LogP contribution in [0.2, 0.25) is 0 Å². The molecule has 0 aliphatic rings. The fourth-order valence-electron chi connectivity index (χ4n) is 0.969. The Hall–Kier alpha value is -1.52. The zero-order valence-electron chi connectivity index (χ0n) is 7.74. The van der Waals surface area contributed by atoms with Crippen molar-refractivity contribution in [1.29, 1.82) is 5.41 Å². The average molecular weight is 202 g/mol. The summed E-state index contributed by atoms with van der Waals surface area (Å²) in [6.45, 7) is 0. The van der Waals surface area contributed by atoms with Crippen LogP contribution in [0.5, 0.6) is 0 Å². The summed E-state index contributed by atoms with van der Waals surface area (Å²) in [5.74, 6) is -3.66. The van der Waals surface area contributed by atoms with Gasteiger partial charge in [0.1, 0.15) is 11.7 Å². The monoisotopic (exact) mass is 202 g/mol. The Labute approximate surface area is 79.5 Å². The SMILES string of the molecule is CN(C)C(=N)c1cc(F)cc(F)c1F. The zero-order chi connectivity index (χ0) is 10.9. The molecule has 0 spiro atoms. The summed E-state index contributed by atoms with van der Waals surface area (Å²) in [4.78, 5) is 1.26. The normalized spacial score (nSPS) is 10.1. The van der Waals surface area contributed by atoms with Crippen LogP contribution >= 0.6 is 0 Å². The van der Waals surface area contributed by atoms with E-state index in [0.29, 0.717) is 6.07 Å². The molecule has 1 aromatic rings. The van der Waals surface area contributed by atoms with Crippen LogP contribution in [0.1, 0.15) is 5.56 Å². The van der Waals surface area contributed by atoms with E-state index in [4.69, 9.17) is 5.41 Å². The van der Waals surface area contributed by atoms with Gasteiger partial charge in [-0.15, -0.1) is 0 Å². The van der Waals surface area contributed by atoms with Gasteiger partial charge in [-0.05, 0) is 6.07 Å². The number of amidine groups is 1. The predicted octanol–water partition coefficient (Wildman–Crippen LogP) is 1.99. The molecule has 0 fully saturated rings. The topological polar surface area (TPSA) is 27.1 Å². The van der Waals surface area contributed by atoms with Crippen molar-refractivity contribution in [2.24, 2.45) is 0 Å². The Kier molecular flexibility index (Phi) is 2.78. The zero-order valence-corrected chi connectivity index (χ0v) is 7.74. The maximum Gasteiger partial charge on any atom is 0.169 e. The molecular weight excluding hydrogens is 193 g/mol. The van der Waals surface area contributed by atoms with E-state index in [1.165, 1.54) is 19.0 Å². The van der Waals surface area contributed by atoms with Gasteiger partial charge >= 0.3 is 0 Å². The van der Waals surface area contributed by atoms with Crippen LogP contribution in [-0.2, 0) is 0 Å². The van der Waals surface area contributed by atoms with Gasteiger partial charge in [0.15, 0.2) is 11.6 Å². The lowest BCUT2D eigenvalue weighted by Gasteiger charge is -2.14. The first kappa shape index (κ1) is 10.6. The van der Waals surface area contributed by atoms with Gasteiger partial charge in [0.2, 0.25) is 0 Å². The molecule has 0 saturated carbocycles. The largest absolute Gasteiger partial charge is 0.363 e. The molecule has 2 nitrogen and oxygen atoms in total. The second-order valence-corrected chi connectivity index (χ2v) is 2.99. The van der Waals surface area contributed by atoms with Gasteiger partial charge in [-0.25, -0.2) is 13.2 Å². The average Bonchev–Trinajstić information content (AvgIpc) is 2.09. The second kappa shape index (κ2) is 3.69. The smallest absolute Gasteiger partial charge is 0.169 e. The summed E-state index contributed by atoms with van der Waals surface area (Å²) < 4.78 is 38.5. The maximum atomic E-state index is 13.1. The summed E-state index contributed by atoms with van der Waals surface area (Å²) in [5, 5.41) is 7.37. The molecule has 0 radical (unpaired) electrons. The van der Waals surface area contributed by atoms with Crippen molar-refractivity contribution < 1.29 is 13.2 Å². The van der Waals surface area contributed by atoms with Gasteiger partial charge < -0.3 is 4.90 Å². The minimum absolute atomic E-state index is 0.277. The van der Waals surface area contributed by atoms with Crippen LogP contribution in [0.25, 0.3) is 0 Å². The molecule has 1 rings (SSSR count). The summed E-state index contributed by atoms with van der Waals surface area (Å²) in [5.41, 5.74) is -0.382. The fourth-order valence-corrected chi connectivity index (χ4v) is 0.969. The fraction of sp³-hybridized carbons (Fsp3) is 0.222. The Morgan fingerprint density at radius 1 is 1.21 bits per heavy atom. The molecule has 0 saturated heterocycles. The van der Waals surface area contributed by atoms with Gasteiger partial charge in [0.05, 0.1) is 5.56 Å². The van der Waals surface area contributed by atoms with E-state index in [2.05, 4.69) is 0 Å². The van der Waals surface area contributed by atoms with Gasteiger partial charge in [0.25, 0.3) is 0 Å². The first-order chi connectivity index (χ1) is 6.43. The molecule has 0 aliphatic heterocycles. The molecule has 1 aromatic carbocycles. The Bertz CT molecular complexity index is 375. The minimum atomic E-state index is -1.29. The number of halogens is 3.